The summed E-state index contributed by atoms with van der Waals surface area (Å²) in [4.78, 5) is 15.5. The summed E-state index contributed by atoms with van der Waals surface area (Å²) < 4.78 is 5.37. The van der Waals surface area contributed by atoms with Crippen molar-refractivity contribution in [3.63, 3.8) is 0 Å². The highest BCUT2D eigenvalue weighted by molar-refractivity contribution is 5.86. The zero-order valence-electron chi connectivity index (χ0n) is 11.4. The molecule has 17 heavy (non-hydrogen) atoms. The molecule has 0 unspecified atom stereocenters. The van der Waals surface area contributed by atoms with Crippen molar-refractivity contribution in [1.82, 2.24) is 4.98 Å². The minimum atomic E-state index is -1.05. The molecule has 0 aliphatic rings. The Hall–Kier alpha value is -1.32. The van der Waals surface area contributed by atoms with Gasteiger partial charge in [0.1, 0.15) is 0 Å². The van der Waals surface area contributed by atoms with Crippen molar-refractivity contribution in [1.29, 1.82) is 0 Å². The molecule has 1 heterocycles. The Morgan fingerprint density at radius 1 is 1.24 bits per heavy atom. The number of hydrogen-bond donors (Lipinski definition) is 1. The fraction of sp³-hybridized carbons (Fsp3) is 0.692. The first kappa shape index (κ1) is 13.7. The third-order valence-electron chi connectivity index (χ3n) is 2.26. The smallest absolute Gasteiger partial charge is 0.373 e. The van der Waals surface area contributed by atoms with Crippen molar-refractivity contribution in [2.24, 2.45) is 5.41 Å². The summed E-state index contributed by atoms with van der Waals surface area (Å²) >= 11 is 0. The highest BCUT2D eigenvalue weighted by atomic mass is 16.4. The zero-order valence-corrected chi connectivity index (χ0v) is 11.4. The number of nitrogens with zero attached hydrogens (tertiary/aromatic N) is 1. The van der Waals surface area contributed by atoms with E-state index in [2.05, 4.69) is 25.8 Å². The maximum atomic E-state index is 11.1. The van der Waals surface area contributed by atoms with E-state index in [4.69, 9.17) is 9.52 Å². The molecule has 1 aromatic heterocycles. The average Bonchev–Trinajstić information content (AvgIpc) is 2.43. The first-order chi connectivity index (χ1) is 7.50. The van der Waals surface area contributed by atoms with Crippen LogP contribution in [0, 0.1) is 5.41 Å². The molecule has 0 saturated heterocycles. The first-order valence-electron chi connectivity index (χ1n) is 5.74. The second-order valence-electron chi connectivity index (χ2n) is 6.58. The van der Waals surface area contributed by atoms with Crippen LogP contribution in [0.2, 0.25) is 0 Å². The van der Waals surface area contributed by atoms with E-state index in [-0.39, 0.29) is 16.6 Å². The molecular weight excluding hydrogens is 218 g/mol. The summed E-state index contributed by atoms with van der Waals surface area (Å²) in [7, 11) is 0. The fourth-order valence-corrected chi connectivity index (χ4v) is 1.55. The van der Waals surface area contributed by atoms with Gasteiger partial charge in [-0.2, -0.15) is 0 Å². The molecule has 96 valence electrons. The summed E-state index contributed by atoms with van der Waals surface area (Å²) in [6.07, 6.45) is 0.628. The van der Waals surface area contributed by atoms with E-state index >= 15 is 0 Å². The molecule has 0 amide bonds. The molecule has 0 aliphatic carbocycles. The maximum absolute atomic E-state index is 11.1. The number of aromatic carboxylic acids is 1. The van der Waals surface area contributed by atoms with E-state index in [1.54, 1.807) is 0 Å². The lowest BCUT2D eigenvalue weighted by molar-refractivity contribution is 0.0655. The third kappa shape index (κ3) is 3.58. The Bertz CT molecular complexity index is 419. The lowest BCUT2D eigenvalue weighted by Gasteiger charge is -2.15. The third-order valence-corrected chi connectivity index (χ3v) is 2.26. The van der Waals surface area contributed by atoms with Crippen LogP contribution in [0.15, 0.2) is 4.42 Å². The van der Waals surface area contributed by atoms with Gasteiger partial charge in [0.2, 0.25) is 5.76 Å². The molecule has 0 aliphatic heterocycles. The lowest BCUT2D eigenvalue weighted by atomic mass is 9.90. The largest absolute Gasteiger partial charge is 0.475 e. The number of rotatable bonds is 2. The van der Waals surface area contributed by atoms with Gasteiger partial charge in [-0.3, -0.25) is 0 Å². The SMILES string of the molecule is CC(C)(C)Cc1nc(C(C)(C)C)c(C(=O)O)o1. The van der Waals surface area contributed by atoms with Gasteiger partial charge in [-0.05, 0) is 5.41 Å². The molecule has 0 bridgehead atoms. The Morgan fingerprint density at radius 3 is 2.06 bits per heavy atom. The van der Waals surface area contributed by atoms with E-state index in [1.807, 2.05) is 20.8 Å². The van der Waals surface area contributed by atoms with Crippen LogP contribution < -0.4 is 0 Å². The highest BCUT2D eigenvalue weighted by Crippen LogP contribution is 2.28. The van der Waals surface area contributed by atoms with Crippen molar-refractivity contribution in [3.05, 3.63) is 17.3 Å². The molecule has 0 fully saturated rings. The van der Waals surface area contributed by atoms with Crippen molar-refractivity contribution < 1.29 is 14.3 Å². The quantitative estimate of drug-likeness (QED) is 0.860. The fourth-order valence-electron chi connectivity index (χ4n) is 1.55. The van der Waals surface area contributed by atoms with Gasteiger partial charge in [0.05, 0.1) is 5.69 Å². The van der Waals surface area contributed by atoms with Crippen molar-refractivity contribution in [2.75, 3.05) is 0 Å². The van der Waals surface area contributed by atoms with Crippen molar-refractivity contribution in [2.45, 2.75) is 53.4 Å². The van der Waals surface area contributed by atoms with Gasteiger partial charge < -0.3 is 9.52 Å². The molecule has 1 rings (SSSR count). The minimum Gasteiger partial charge on any atom is -0.475 e. The van der Waals surface area contributed by atoms with Crippen LogP contribution in [0.4, 0.5) is 0 Å². The van der Waals surface area contributed by atoms with Crippen LogP contribution in [-0.4, -0.2) is 16.1 Å². The highest BCUT2D eigenvalue weighted by Gasteiger charge is 2.29. The molecule has 0 spiro atoms. The Balaban J connectivity index is 3.18. The first-order valence-corrected chi connectivity index (χ1v) is 5.74. The number of aromatic nitrogens is 1. The van der Waals surface area contributed by atoms with Crippen LogP contribution >= 0.6 is 0 Å². The predicted octanol–water partition coefficient (Wildman–Crippen LogP) is 3.26. The van der Waals surface area contributed by atoms with E-state index in [9.17, 15) is 4.79 Å². The maximum Gasteiger partial charge on any atom is 0.373 e. The van der Waals surface area contributed by atoms with Crippen molar-refractivity contribution >= 4 is 5.97 Å². The molecule has 1 N–H and O–H groups in total. The van der Waals surface area contributed by atoms with E-state index in [0.717, 1.165) is 0 Å². The Kier molecular flexibility index (Phi) is 3.37. The molecular formula is C13H21NO3. The van der Waals surface area contributed by atoms with E-state index in [1.165, 1.54) is 0 Å². The van der Waals surface area contributed by atoms with E-state index < -0.39 is 5.97 Å². The van der Waals surface area contributed by atoms with Crippen LogP contribution in [0.5, 0.6) is 0 Å². The molecule has 0 aromatic carbocycles. The zero-order chi connectivity index (χ0) is 13.4. The van der Waals surface area contributed by atoms with E-state index in [0.29, 0.717) is 18.0 Å². The lowest BCUT2D eigenvalue weighted by Crippen LogP contribution is -2.16. The molecule has 0 radical (unpaired) electrons. The summed E-state index contributed by atoms with van der Waals surface area (Å²) in [6.45, 7) is 12.0. The second-order valence-corrected chi connectivity index (χ2v) is 6.58. The topological polar surface area (TPSA) is 63.3 Å². The number of carboxylic acids is 1. The number of carbonyl (C=O) groups is 1. The number of oxazole rings is 1. The van der Waals surface area contributed by atoms with Crippen molar-refractivity contribution in [3.8, 4) is 0 Å². The van der Waals surface area contributed by atoms with Crippen LogP contribution in [0.3, 0.4) is 0 Å². The summed E-state index contributed by atoms with van der Waals surface area (Å²) in [5.41, 5.74) is 0.215. The van der Waals surface area contributed by atoms with Gasteiger partial charge in [-0.1, -0.05) is 41.5 Å². The van der Waals surface area contributed by atoms with Gasteiger partial charge in [0.25, 0.3) is 0 Å². The van der Waals surface area contributed by atoms with Gasteiger partial charge >= 0.3 is 5.97 Å². The summed E-state index contributed by atoms with van der Waals surface area (Å²) in [5, 5.41) is 9.11. The molecule has 4 nitrogen and oxygen atoms in total. The number of carboxylic acid groups (broad SMARTS) is 1. The Labute approximate surface area is 102 Å². The van der Waals surface area contributed by atoms with Gasteiger partial charge in [-0.15, -0.1) is 0 Å². The van der Waals surface area contributed by atoms with Crippen LogP contribution in [-0.2, 0) is 11.8 Å². The number of hydrogen-bond acceptors (Lipinski definition) is 3. The molecule has 4 heteroatoms. The molecule has 0 saturated carbocycles. The van der Waals surface area contributed by atoms with Gasteiger partial charge in [-0.25, -0.2) is 9.78 Å². The summed E-state index contributed by atoms with van der Waals surface area (Å²) in [5.74, 6) is -0.584. The normalized spacial score (nSPS) is 12.8. The minimum absolute atomic E-state index is 0.0236. The molecule has 0 atom stereocenters. The monoisotopic (exact) mass is 239 g/mol. The average molecular weight is 239 g/mol. The second kappa shape index (κ2) is 4.17. The molecule has 1 aromatic rings. The van der Waals surface area contributed by atoms with Gasteiger partial charge in [0, 0.05) is 11.8 Å². The standard InChI is InChI=1S/C13H21NO3/c1-12(2,3)7-8-14-10(13(4,5)6)9(17-8)11(15)16/h7H2,1-6H3,(H,15,16). The van der Waals surface area contributed by atoms with Crippen LogP contribution in [0.1, 0.15) is 63.7 Å². The summed E-state index contributed by atoms with van der Waals surface area (Å²) in [6, 6.07) is 0. The Morgan fingerprint density at radius 2 is 1.76 bits per heavy atom. The van der Waals surface area contributed by atoms with Crippen LogP contribution in [0.25, 0.3) is 0 Å². The predicted molar refractivity (Wildman–Crippen MR) is 65.3 cm³/mol. The van der Waals surface area contributed by atoms with Gasteiger partial charge in [0.15, 0.2) is 5.89 Å².